The van der Waals surface area contributed by atoms with E-state index in [1.807, 2.05) is 19.1 Å². The summed E-state index contributed by atoms with van der Waals surface area (Å²) >= 11 is 4.53. The molecule has 1 aliphatic heterocycles. The molecule has 0 bridgehead atoms. The summed E-state index contributed by atoms with van der Waals surface area (Å²) < 4.78 is 38.9. The zero-order chi connectivity index (χ0) is 23.5. The number of rotatable bonds is 4. The number of nitrogens with zero attached hydrogens (tertiary/aromatic N) is 2. The Labute approximate surface area is 197 Å². The van der Waals surface area contributed by atoms with Gasteiger partial charge in [0.2, 0.25) is 11.3 Å². The van der Waals surface area contributed by atoms with Crippen molar-refractivity contribution >= 4 is 28.6 Å². The molecule has 2 heterocycles. The smallest absolute Gasteiger partial charge is 0.250 e. The fourth-order valence-electron chi connectivity index (χ4n) is 4.46. The van der Waals surface area contributed by atoms with Crippen molar-refractivity contribution in [2.24, 2.45) is 12.0 Å². The number of nitrogens with one attached hydrogen (secondary N) is 1. The number of halogens is 2. The Bertz CT molecular complexity index is 1400. The predicted octanol–water partition coefficient (Wildman–Crippen LogP) is 4.47. The van der Waals surface area contributed by atoms with Crippen LogP contribution in [-0.4, -0.2) is 19.0 Å². The van der Waals surface area contributed by atoms with Crippen LogP contribution in [-0.2, 0) is 23.9 Å². The summed E-state index contributed by atoms with van der Waals surface area (Å²) in [7, 11) is 1.69. The van der Waals surface area contributed by atoms with Crippen LogP contribution in [0.5, 0.6) is 0 Å². The second kappa shape index (κ2) is 7.99. The lowest BCUT2D eigenvalue weighted by molar-refractivity contribution is 0.523. The van der Waals surface area contributed by atoms with Crippen molar-refractivity contribution in [1.82, 2.24) is 9.29 Å². The van der Waals surface area contributed by atoms with Gasteiger partial charge in [0.15, 0.2) is 0 Å². The molecular formula is C24H21ClFN3O3S. The molecule has 0 amide bonds. The van der Waals surface area contributed by atoms with Crippen LogP contribution in [0.4, 0.5) is 4.39 Å². The minimum atomic E-state index is -2.20. The number of aromatic nitrogens is 1. The van der Waals surface area contributed by atoms with Crippen LogP contribution in [0, 0.1) is 5.82 Å². The van der Waals surface area contributed by atoms with E-state index in [4.69, 9.17) is 16.6 Å². The van der Waals surface area contributed by atoms with Crippen LogP contribution in [0.2, 0.25) is 5.02 Å². The number of pyridine rings is 1. The van der Waals surface area contributed by atoms with Crippen LogP contribution < -0.4 is 10.3 Å². The number of fused-ring (bicyclic) bond motifs is 3. The highest BCUT2D eigenvalue weighted by atomic mass is 35.5. The molecule has 2 aromatic carbocycles. The van der Waals surface area contributed by atoms with Crippen LogP contribution in [0.1, 0.15) is 48.1 Å². The third-order valence-corrected chi connectivity index (χ3v) is 7.23. The first-order valence-electron chi connectivity index (χ1n) is 10.5. The molecule has 1 aromatic heterocycles. The van der Waals surface area contributed by atoms with Gasteiger partial charge >= 0.3 is 0 Å². The molecule has 2 atom stereocenters. The monoisotopic (exact) mass is 485 g/mol. The molecule has 2 aliphatic rings. The normalized spacial score (nSPS) is 19.2. The topological polar surface area (TPSA) is 83.7 Å². The van der Waals surface area contributed by atoms with Crippen LogP contribution in [0.3, 0.4) is 0 Å². The lowest BCUT2D eigenvalue weighted by atomic mass is 9.89. The van der Waals surface area contributed by atoms with Crippen LogP contribution in [0.15, 0.2) is 58.4 Å². The number of aliphatic imine (C=N–C) groups is 1. The molecule has 2 N–H and O–H groups in total. The standard InChI is InChI=1S/C24H21ClFN3O3S/c1-13-16-11-22(30)29(2)12-19(16)17-9-20(24(7-8-24)28-33(31)32)21(25)10-18(17)23(27-13)14-3-5-15(26)6-4-14/h3-6,9-13,28H,7-8H2,1-2H3,(H,31,32)/t13-/m0/s1. The molecule has 0 spiro atoms. The van der Waals surface area contributed by atoms with Crippen molar-refractivity contribution in [3.63, 3.8) is 0 Å². The largest absolute Gasteiger partial charge is 0.318 e. The number of aryl methyl sites for hydroxylation is 1. The van der Waals surface area contributed by atoms with Crippen molar-refractivity contribution in [3.8, 4) is 11.1 Å². The van der Waals surface area contributed by atoms with Gasteiger partial charge < -0.3 is 4.57 Å². The average molecular weight is 486 g/mol. The summed E-state index contributed by atoms with van der Waals surface area (Å²) in [6, 6.07) is 11.1. The van der Waals surface area contributed by atoms with E-state index in [2.05, 4.69) is 4.72 Å². The van der Waals surface area contributed by atoms with Crippen molar-refractivity contribution in [3.05, 3.63) is 92.1 Å². The van der Waals surface area contributed by atoms with Gasteiger partial charge in [0.25, 0.3) is 5.56 Å². The Kier molecular flexibility index (Phi) is 5.36. The van der Waals surface area contributed by atoms with E-state index in [1.54, 1.807) is 31.4 Å². The van der Waals surface area contributed by atoms with Crippen molar-refractivity contribution < 1.29 is 13.2 Å². The molecule has 33 heavy (non-hydrogen) atoms. The van der Waals surface area contributed by atoms with Gasteiger partial charge in [-0.3, -0.25) is 14.3 Å². The molecule has 1 unspecified atom stereocenters. The first kappa shape index (κ1) is 22.2. The molecule has 5 rings (SSSR count). The van der Waals surface area contributed by atoms with Gasteiger partial charge in [-0.05, 0) is 72.9 Å². The highest BCUT2D eigenvalue weighted by Crippen LogP contribution is 2.50. The maximum atomic E-state index is 13.6. The molecule has 1 aliphatic carbocycles. The molecule has 9 heteroatoms. The highest BCUT2D eigenvalue weighted by Gasteiger charge is 2.47. The van der Waals surface area contributed by atoms with Crippen molar-refractivity contribution in [1.29, 1.82) is 0 Å². The lowest BCUT2D eigenvalue weighted by Gasteiger charge is -2.21. The Morgan fingerprint density at radius 3 is 2.52 bits per heavy atom. The molecule has 1 saturated carbocycles. The second-order valence-corrected chi connectivity index (χ2v) is 9.67. The third-order valence-electron chi connectivity index (χ3n) is 6.35. The van der Waals surface area contributed by atoms with E-state index >= 15 is 0 Å². The summed E-state index contributed by atoms with van der Waals surface area (Å²) in [5.41, 5.74) is 4.42. The van der Waals surface area contributed by atoms with E-state index < -0.39 is 16.8 Å². The number of hydrogen-bond donors (Lipinski definition) is 2. The molecule has 0 saturated heterocycles. The van der Waals surface area contributed by atoms with Gasteiger partial charge in [0.1, 0.15) is 5.82 Å². The van der Waals surface area contributed by atoms with E-state index in [0.717, 1.165) is 33.4 Å². The quantitative estimate of drug-likeness (QED) is 0.535. The Morgan fingerprint density at radius 1 is 1.18 bits per heavy atom. The van der Waals surface area contributed by atoms with Crippen LogP contribution >= 0.6 is 11.6 Å². The summed E-state index contributed by atoms with van der Waals surface area (Å²) in [5.74, 6) is -0.348. The first-order chi connectivity index (χ1) is 15.7. The van der Waals surface area contributed by atoms with Gasteiger partial charge in [-0.15, -0.1) is 0 Å². The molecule has 1 fully saturated rings. The second-order valence-electron chi connectivity index (χ2n) is 8.56. The minimum Gasteiger partial charge on any atom is -0.318 e. The Morgan fingerprint density at radius 2 is 1.88 bits per heavy atom. The van der Waals surface area contributed by atoms with Crippen molar-refractivity contribution in [2.75, 3.05) is 0 Å². The summed E-state index contributed by atoms with van der Waals surface area (Å²) in [5, 5.41) is 0.444. The summed E-state index contributed by atoms with van der Waals surface area (Å²) in [6.45, 7) is 1.91. The Hall–Kier alpha value is -2.65. The molecular weight excluding hydrogens is 465 g/mol. The zero-order valence-corrected chi connectivity index (χ0v) is 19.5. The van der Waals surface area contributed by atoms with E-state index in [1.165, 1.54) is 16.7 Å². The van der Waals surface area contributed by atoms with E-state index in [9.17, 15) is 17.9 Å². The molecule has 6 nitrogen and oxygen atoms in total. The fraction of sp³-hybridized carbons (Fsp3) is 0.250. The molecule has 170 valence electrons. The van der Waals surface area contributed by atoms with Crippen molar-refractivity contribution in [2.45, 2.75) is 31.3 Å². The van der Waals surface area contributed by atoms with E-state index in [-0.39, 0.29) is 17.4 Å². The maximum absolute atomic E-state index is 13.6. The fourth-order valence-corrected chi connectivity index (χ4v) is 5.46. The molecule has 0 radical (unpaired) electrons. The van der Waals surface area contributed by atoms with Gasteiger partial charge in [0.05, 0.1) is 17.3 Å². The minimum absolute atomic E-state index is 0.146. The predicted molar refractivity (Wildman–Crippen MR) is 127 cm³/mol. The average Bonchev–Trinajstić information content (AvgIpc) is 3.54. The summed E-state index contributed by atoms with van der Waals surface area (Å²) in [4.78, 5) is 17.4. The number of benzene rings is 2. The Balaban J connectivity index is 1.81. The zero-order valence-electron chi connectivity index (χ0n) is 17.9. The van der Waals surface area contributed by atoms with Gasteiger partial charge in [-0.2, -0.15) is 0 Å². The SMILES string of the molecule is C[C@@H]1N=C(c2ccc(F)cc2)c2cc(Cl)c(C3(NS(=O)O)CC3)cc2-c2cn(C)c(=O)cc21. The van der Waals surface area contributed by atoms with Gasteiger partial charge in [0, 0.05) is 41.0 Å². The highest BCUT2D eigenvalue weighted by molar-refractivity contribution is 7.77. The lowest BCUT2D eigenvalue weighted by Crippen LogP contribution is -2.30. The van der Waals surface area contributed by atoms with E-state index in [0.29, 0.717) is 23.6 Å². The summed E-state index contributed by atoms with van der Waals surface area (Å²) in [6.07, 6.45) is 3.13. The maximum Gasteiger partial charge on any atom is 0.250 e. The van der Waals surface area contributed by atoms with Gasteiger partial charge in [-0.25, -0.2) is 13.3 Å². The van der Waals surface area contributed by atoms with Crippen LogP contribution in [0.25, 0.3) is 11.1 Å². The molecule has 3 aromatic rings. The first-order valence-corrected chi connectivity index (χ1v) is 11.9. The van der Waals surface area contributed by atoms with Gasteiger partial charge in [-0.1, -0.05) is 11.6 Å². The number of hydrogen-bond acceptors (Lipinski definition) is 3. The third kappa shape index (κ3) is 3.87.